The van der Waals surface area contributed by atoms with Gasteiger partial charge < -0.3 is 0 Å². The normalized spacial score (nSPS) is 11.5. The van der Waals surface area contributed by atoms with Gasteiger partial charge in [-0.3, -0.25) is 4.72 Å². The lowest BCUT2D eigenvalue weighted by Crippen LogP contribution is -2.17. The molecule has 1 aromatic carbocycles. The lowest BCUT2D eigenvalue weighted by molar-refractivity contribution is 0.578. The van der Waals surface area contributed by atoms with E-state index in [9.17, 15) is 8.42 Å². The van der Waals surface area contributed by atoms with Gasteiger partial charge >= 0.3 is 0 Å². The lowest BCUT2D eigenvalue weighted by Gasteiger charge is -2.08. The van der Waals surface area contributed by atoms with Gasteiger partial charge in [0.15, 0.2) is 4.60 Å². The summed E-state index contributed by atoms with van der Waals surface area (Å²) in [5, 5.41) is 7.29. The second-order valence-corrected chi connectivity index (χ2v) is 6.87. The van der Waals surface area contributed by atoms with Gasteiger partial charge in [0.05, 0.1) is 0 Å². The van der Waals surface area contributed by atoms with Crippen LogP contribution < -0.4 is 4.72 Å². The lowest BCUT2D eigenvalue weighted by atomic mass is 10.3. The maximum Gasteiger partial charge on any atom is 0.281 e. The zero-order valence-corrected chi connectivity index (χ0v) is 13.4. The molecule has 6 nitrogen and oxygen atoms in total. The molecule has 0 bridgehead atoms. The van der Waals surface area contributed by atoms with Crippen molar-refractivity contribution in [2.24, 2.45) is 7.05 Å². The Kier molecular flexibility index (Phi) is 4.16. The number of aromatic nitrogens is 3. The van der Waals surface area contributed by atoms with E-state index in [4.69, 9.17) is 0 Å². The molecule has 0 unspecified atom stereocenters. The number of thioether (sulfide) groups is 1. The van der Waals surface area contributed by atoms with Crippen molar-refractivity contribution in [2.75, 3.05) is 11.0 Å². The average Bonchev–Trinajstić information content (AvgIpc) is 2.70. The van der Waals surface area contributed by atoms with Crippen molar-refractivity contribution in [3.8, 4) is 0 Å². The number of sulfonamides is 1. The Balaban J connectivity index is 2.31. The van der Waals surface area contributed by atoms with Gasteiger partial charge in [-0.2, -0.15) is 8.42 Å². The number of nitrogens with zero attached hydrogens (tertiary/aromatic N) is 3. The predicted octanol–water partition coefficient (Wildman–Crippen LogP) is 2.10. The number of hydrogen-bond donors (Lipinski definition) is 1. The summed E-state index contributed by atoms with van der Waals surface area (Å²) in [6.45, 7) is 0. The Morgan fingerprint density at radius 2 is 1.95 bits per heavy atom. The number of benzene rings is 1. The van der Waals surface area contributed by atoms with E-state index in [0.29, 0.717) is 5.69 Å². The number of aryl methyl sites for hydroxylation is 1. The van der Waals surface area contributed by atoms with Crippen molar-refractivity contribution in [1.82, 2.24) is 15.0 Å². The van der Waals surface area contributed by atoms with Gasteiger partial charge in [-0.05, 0) is 46.5 Å². The molecule has 0 aliphatic heterocycles. The number of rotatable bonds is 4. The van der Waals surface area contributed by atoms with Crippen molar-refractivity contribution >= 4 is 43.4 Å². The van der Waals surface area contributed by atoms with Gasteiger partial charge in [0.1, 0.15) is 0 Å². The van der Waals surface area contributed by atoms with Crippen LogP contribution in [0.4, 0.5) is 5.69 Å². The summed E-state index contributed by atoms with van der Waals surface area (Å²) in [4.78, 5) is 1.06. The van der Waals surface area contributed by atoms with Gasteiger partial charge in [0.25, 0.3) is 10.0 Å². The number of anilines is 1. The van der Waals surface area contributed by atoms with Crippen LogP contribution in [0, 0.1) is 0 Å². The summed E-state index contributed by atoms with van der Waals surface area (Å²) in [5.41, 5.74) is 0.492. The highest BCUT2D eigenvalue weighted by Gasteiger charge is 2.23. The van der Waals surface area contributed by atoms with Crippen LogP contribution in [-0.2, 0) is 17.1 Å². The molecule has 0 atom stereocenters. The Morgan fingerprint density at radius 1 is 1.32 bits per heavy atom. The van der Waals surface area contributed by atoms with Crippen LogP contribution in [0.1, 0.15) is 0 Å². The molecule has 1 aromatic heterocycles. The summed E-state index contributed by atoms with van der Waals surface area (Å²) < 4.78 is 28.3. The first-order valence-corrected chi connectivity index (χ1v) is 8.66. The molecule has 0 aliphatic rings. The smallest absolute Gasteiger partial charge is 0.278 e. The Labute approximate surface area is 123 Å². The van der Waals surface area contributed by atoms with Gasteiger partial charge in [-0.25, -0.2) is 4.68 Å². The van der Waals surface area contributed by atoms with Gasteiger partial charge in [0, 0.05) is 17.6 Å². The largest absolute Gasteiger partial charge is 0.281 e. The molecule has 2 rings (SSSR count). The molecule has 9 heteroatoms. The Hall–Kier alpha value is -1.06. The fraction of sp³-hybridized carbons (Fsp3) is 0.200. The second-order valence-electron chi connectivity index (χ2n) is 3.64. The van der Waals surface area contributed by atoms with Crippen molar-refractivity contribution in [3.05, 3.63) is 28.9 Å². The molecule has 0 aliphatic carbocycles. The average molecular weight is 363 g/mol. The topological polar surface area (TPSA) is 76.9 Å². The highest BCUT2D eigenvalue weighted by Crippen LogP contribution is 2.23. The summed E-state index contributed by atoms with van der Waals surface area (Å²) in [6, 6.07) is 7.11. The summed E-state index contributed by atoms with van der Waals surface area (Å²) in [6.07, 6.45) is 1.96. The van der Waals surface area contributed by atoms with Crippen molar-refractivity contribution < 1.29 is 8.42 Å². The second kappa shape index (κ2) is 5.51. The first-order valence-electron chi connectivity index (χ1n) is 5.16. The van der Waals surface area contributed by atoms with E-state index >= 15 is 0 Å². The van der Waals surface area contributed by atoms with E-state index in [1.807, 2.05) is 18.4 Å². The number of hydrogen-bond acceptors (Lipinski definition) is 5. The minimum absolute atomic E-state index is 0.0126. The van der Waals surface area contributed by atoms with E-state index in [1.165, 1.54) is 11.7 Å². The minimum atomic E-state index is -3.72. The maximum atomic E-state index is 12.2. The molecular formula is C10H11BrN4O2S2. The van der Waals surface area contributed by atoms with Gasteiger partial charge in [-0.15, -0.1) is 16.9 Å². The van der Waals surface area contributed by atoms with E-state index in [1.54, 1.807) is 23.9 Å². The SMILES string of the molecule is CSc1ccc(NS(=O)(=O)c2c(Br)nnn2C)cc1. The Morgan fingerprint density at radius 3 is 2.42 bits per heavy atom. The van der Waals surface area contributed by atoms with E-state index < -0.39 is 10.0 Å². The predicted molar refractivity (Wildman–Crippen MR) is 77.7 cm³/mol. The van der Waals surface area contributed by atoms with Crippen molar-refractivity contribution in [3.63, 3.8) is 0 Å². The van der Waals surface area contributed by atoms with Crippen molar-refractivity contribution in [2.45, 2.75) is 9.92 Å². The molecule has 102 valence electrons. The van der Waals surface area contributed by atoms with Crippen LogP contribution in [0.5, 0.6) is 0 Å². The first-order chi connectivity index (χ1) is 8.94. The molecule has 19 heavy (non-hydrogen) atoms. The highest BCUT2D eigenvalue weighted by molar-refractivity contribution is 9.10. The fourth-order valence-electron chi connectivity index (χ4n) is 1.47. The third kappa shape index (κ3) is 3.10. The zero-order valence-electron chi connectivity index (χ0n) is 10.2. The third-order valence-corrected chi connectivity index (χ3v) is 5.35. The van der Waals surface area contributed by atoms with Crippen LogP contribution in [-0.4, -0.2) is 29.7 Å². The van der Waals surface area contributed by atoms with Crippen LogP contribution in [0.2, 0.25) is 0 Å². The third-order valence-electron chi connectivity index (χ3n) is 2.33. The standard InChI is InChI=1S/C10H11BrN4O2S2/c1-15-10(9(11)12-14-15)19(16,17)13-7-3-5-8(18-2)6-4-7/h3-6,13H,1-2H3. The molecule has 0 radical (unpaired) electrons. The highest BCUT2D eigenvalue weighted by atomic mass is 79.9. The molecule has 2 aromatic rings. The molecule has 0 amide bonds. The van der Waals surface area contributed by atoms with E-state index in [2.05, 4.69) is 31.0 Å². The first kappa shape index (κ1) is 14.4. The summed E-state index contributed by atoms with van der Waals surface area (Å²) >= 11 is 4.66. The molecular weight excluding hydrogens is 352 g/mol. The molecule has 0 saturated carbocycles. The number of nitrogens with one attached hydrogen (secondary N) is 1. The monoisotopic (exact) mass is 362 g/mol. The van der Waals surface area contributed by atoms with E-state index in [0.717, 1.165) is 4.90 Å². The van der Waals surface area contributed by atoms with Gasteiger partial charge in [0.2, 0.25) is 5.03 Å². The fourth-order valence-corrected chi connectivity index (χ4v) is 4.04. The van der Waals surface area contributed by atoms with Crippen molar-refractivity contribution in [1.29, 1.82) is 0 Å². The van der Waals surface area contributed by atoms with E-state index in [-0.39, 0.29) is 9.63 Å². The van der Waals surface area contributed by atoms with Crippen LogP contribution in [0.3, 0.4) is 0 Å². The quantitative estimate of drug-likeness (QED) is 0.842. The molecule has 0 fully saturated rings. The summed E-state index contributed by atoms with van der Waals surface area (Å²) in [5.74, 6) is 0. The van der Waals surface area contributed by atoms with Gasteiger partial charge in [-0.1, -0.05) is 5.21 Å². The molecule has 0 spiro atoms. The van der Waals surface area contributed by atoms with Crippen LogP contribution >= 0.6 is 27.7 Å². The molecule has 1 N–H and O–H groups in total. The number of halogens is 1. The minimum Gasteiger partial charge on any atom is -0.278 e. The van der Waals surface area contributed by atoms with Crippen LogP contribution in [0.25, 0.3) is 0 Å². The molecule has 1 heterocycles. The maximum absolute atomic E-state index is 12.2. The molecule has 0 saturated heterocycles. The summed E-state index contributed by atoms with van der Waals surface area (Å²) in [7, 11) is -2.20. The zero-order chi connectivity index (χ0) is 14.0. The van der Waals surface area contributed by atoms with Crippen LogP contribution in [0.15, 0.2) is 38.8 Å². The Bertz CT molecular complexity index is 663.